The minimum absolute atomic E-state index is 0.0932. The van der Waals surface area contributed by atoms with Crippen LogP contribution in [-0.4, -0.2) is 27.8 Å². The van der Waals surface area contributed by atoms with Crippen LogP contribution in [0.4, 0.5) is 5.82 Å². The zero-order chi connectivity index (χ0) is 16.2. The Kier molecular flexibility index (Phi) is 4.95. The van der Waals surface area contributed by atoms with Gasteiger partial charge < -0.3 is 16.2 Å². The van der Waals surface area contributed by atoms with Crippen molar-refractivity contribution in [2.24, 2.45) is 5.73 Å². The smallest absolute Gasteiger partial charge is 0.252 e. The summed E-state index contributed by atoms with van der Waals surface area (Å²) in [5.74, 6) is -0.394. The predicted octanol–water partition coefficient (Wildman–Crippen LogP) is 1.94. The summed E-state index contributed by atoms with van der Waals surface area (Å²) in [7, 11) is 0. The molecule has 0 aliphatic carbocycles. The highest BCUT2D eigenvalue weighted by atomic mass is 35.5. The highest BCUT2D eigenvalue weighted by molar-refractivity contribution is 6.29. The van der Waals surface area contributed by atoms with Crippen LogP contribution >= 0.6 is 11.6 Å². The zero-order valence-electron chi connectivity index (χ0n) is 12.1. The van der Waals surface area contributed by atoms with Gasteiger partial charge in [0.1, 0.15) is 0 Å². The average molecular weight is 321 g/mol. The maximum Gasteiger partial charge on any atom is 0.252 e. The number of primary amides is 1. The molecule has 0 aliphatic heterocycles. The van der Waals surface area contributed by atoms with Gasteiger partial charge in [-0.15, -0.1) is 10.2 Å². The molecular formula is C15H17ClN4O2. The van der Waals surface area contributed by atoms with Gasteiger partial charge in [-0.05, 0) is 25.0 Å². The molecule has 0 saturated heterocycles. The first-order chi connectivity index (χ1) is 10.4. The summed E-state index contributed by atoms with van der Waals surface area (Å²) in [6, 6.07) is 10.7. The third kappa shape index (κ3) is 3.93. The van der Waals surface area contributed by atoms with Crippen molar-refractivity contribution in [1.82, 2.24) is 10.2 Å². The Labute approximate surface area is 133 Å². The Morgan fingerprint density at radius 3 is 2.68 bits per heavy atom. The van der Waals surface area contributed by atoms with E-state index in [1.807, 2.05) is 30.3 Å². The summed E-state index contributed by atoms with van der Waals surface area (Å²) in [4.78, 5) is 11.4. The number of amides is 1. The third-order valence-electron chi connectivity index (χ3n) is 3.33. The Morgan fingerprint density at radius 2 is 2.05 bits per heavy atom. The molecule has 1 unspecified atom stereocenters. The number of aliphatic hydroxyl groups is 1. The molecule has 0 bridgehead atoms. The SMILES string of the molecule is CC(O)(CCNc1nnc(Cl)cc1C(N)=O)c1ccccc1. The van der Waals surface area contributed by atoms with E-state index < -0.39 is 11.5 Å². The largest absolute Gasteiger partial charge is 0.385 e. The highest BCUT2D eigenvalue weighted by Crippen LogP contribution is 2.24. The first kappa shape index (κ1) is 16.2. The molecule has 0 saturated carbocycles. The molecule has 116 valence electrons. The summed E-state index contributed by atoms with van der Waals surface area (Å²) >= 11 is 5.70. The molecule has 7 heteroatoms. The lowest BCUT2D eigenvalue weighted by Crippen LogP contribution is -2.25. The van der Waals surface area contributed by atoms with Gasteiger partial charge >= 0.3 is 0 Å². The topological polar surface area (TPSA) is 101 Å². The van der Waals surface area contributed by atoms with Gasteiger partial charge in [0.25, 0.3) is 5.91 Å². The minimum Gasteiger partial charge on any atom is -0.385 e. The zero-order valence-corrected chi connectivity index (χ0v) is 12.8. The van der Waals surface area contributed by atoms with Crippen LogP contribution in [0, 0.1) is 0 Å². The normalized spacial score (nSPS) is 13.4. The number of halogens is 1. The maximum atomic E-state index is 11.4. The van der Waals surface area contributed by atoms with E-state index in [2.05, 4.69) is 15.5 Å². The van der Waals surface area contributed by atoms with Crippen LogP contribution in [-0.2, 0) is 5.60 Å². The number of nitrogens with zero attached hydrogens (tertiary/aromatic N) is 2. The predicted molar refractivity (Wildman–Crippen MR) is 84.7 cm³/mol. The van der Waals surface area contributed by atoms with Crippen LogP contribution in [0.5, 0.6) is 0 Å². The number of hydrogen-bond acceptors (Lipinski definition) is 5. The lowest BCUT2D eigenvalue weighted by atomic mass is 9.93. The van der Waals surface area contributed by atoms with Crippen molar-refractivity contribution >= 4 is 23.3 Å². The van der Waals surface area contributed by atoms with E-state index in [1.165, 1.54) is 6.07 Å². The highest BCUT2D eigenvalue weighted by Gasteiger charge is 2.22. The Bertz CT molecular complexity index is 662. The molecule has 1 aromatic heterocycles. The molecule has 1 amide bonds. The minimum atomic E-state index is -0.999. The van der Waals surface area contributed by atoms with Crippen LogP contribution in [0.2, 0.25) is 5.15 Å². The lowest BCUT2D eigenvalue weighted by Gasteiger charge is -2.24. The molecule has 0 spiro atoms. The molecule has 0 aliphatic rings. The number of nitrogens with two attached hydrogens (primary N) is 1. The van der Waals surface area contributed by atoms with E-state index in [-0.39, 0.29) is 16.5 Å². The molecule has 0 fully saturated rings. The second-order valence-corrected chi connectivity index (χ2v) is 5.50. The van der Waals surface area contributed by atoms with Gasteiger partial charge in [-0.1, -0.05) is 41.9 Å². The van der Waals surface area contributed by atoms with Crippen molar-refractivity contribution in [3.05, 3.63) is 52.7 Å². The fraction of sp³-hybridized carbons (Fsp3) is 0.267. The standard InChI is InChI=1S/C15H17ClN4O2/c1-15(22,10-5-3-2-4-6-10)7-8-18-14-11(13(17)21)9-12(16)19-20-14/h2-6,9,22H,7-8H2,1H3,(H2,17,21)(H,18,20). The molecule has 1 atom stereocenters. The molecule has 1 aromatic carbocycles. The van der Waals surface area contributed by atoms with Gasteiger partial charge in [-0.3, -0.25) is 4.79 Å². The number of rotatable bonds is 6. The number of aromatic nitrogens is 2. The number of nitrogens with one attached hydrogen (secondary N) is 1. The van der Waals surface area contributed by atoms with Crippen molar-refractivity contribution in [1.29, 1.82) is 0 Å². The van der Waals surface area contributed by atoms with Crippen LogP contribution in [0.25, 0.3) is 0 Å². The van der Waals surface area contributed by atoms with Gasteiger partial charge in [0.2, 0.25) is 0 Å². The quantitative estimate of drug-likeness (QED) is 0.755. The van der Waals surface area contributed by atoms with E-state index in [1.54, 1.807) is 6.92 Å². The first-order valence-corrected chi connectivity index (χ1v) is 7.13. The van der Waals surface area contributed by atoms with Gasteiger partial charge in [0.05, 0.1) is 11.2 Å². The summed E-state index contributed by atoms with van der Waals surface area (Å²) in [6.07, 6.45) is 0.416. The Morgan fingerprint density at radius 1 is 1.36 bits per heavy atom. The second-order valence-electron chi connectivity index (χ2n) is 5.11. The molecule has 6 nitrogen and oxygen atoms in total. The summed E-state index contributed by atoms with van der Waals surface area (Å²) in [6.45, 7) is 2.12. The number of carbonyl (C=O) groups is 1. The van der Waals surface area contributed by atoms with Crippen LogP contribution in [0.1, 0.15) is 29.3 Å². The van der Waals surface area contributed by atoms with Crippen LogP contribution in [0.3, 0.4) is 0 Å². The molecule has 2 aromatic rings. The number of anilines is 1. The first-order valence-electron chi connectivity index (χ1n) is 6.75. The molecule has 0 radical (unpaired) electrons. The number of hydrogen-bond donors (Lipinski definition) is 3. The second kappa shape index (κ2) is 6.72. The van der Waals surface area contributed by atoms with Crippen molar-refractivity contribution < 1.29 is 9.90 Å². The van der Waals surface area contributed by atoms with Crippen LogP contribution in [0.15, 0.2) is 36.4 Å². The van der Waals surface area contributed by atoms with Gasteiger partial charge in [-0.25, -0.2) is 0 Å². The van der Waals surface area contributed by atoms with E-state index in [9.17, 15) is 9.90 Å². The maximum absolute atomic E-state index is 11.4. The molecule has 4 N–H and O–H groups in total. The fourth-order valence-electron chi connectivity index (χ4n) is 2.05. The van der Waals surface area contributed by atoms with Crippen molar-refractivity contribution in [2.45, 2.75) is 18.9 Å². The monoisotopic (exact) mass is 320 g/mol. The molecule has 1 heterocycles. The number of benzene rings is 1. The van der Waals surface area contributed by atoms with E-state index in [4.69, 9.17) is 17.3 Å². The lowest BCUT2D eigenvalue weighted by molar-refractivity contribution is 0.0515. The van der Waals surface area contributed by atoms with E-state index in [0.717, 1.165) is 5.56 Å². The molecule has 2 rings (SSSR count). The number of carbonyl (C=O) groups excluding carboxylic acids is 1. The van der Waals surface area contributed by atoms with E-state index in [0.29, 0.717) is 13.0 Å². The van der Waals surface area contributed by atoms with E-state index >= 15 is 0 Å². The van der Waals surface area contributed by atoms with Gasteiger partial charge in [-0.2, -0.15) is 0 Å². The van der Waals surface area contributed by atoms with Crippen molar-refractivity contribution in [2.75, 3.05) is 11.9 Å². The average Bonchev–Trinajstić information content (AvgIpc) is 2.49. The summed E-state index contributed by atoms with van der Waals surface area (Å²) < 4.78 is 0. The van der Waals surface area contributed by atoms with Crippen molar-refractivity contribution in [3.63, 3.8) is 0 Å². The fourth-order valence-corrected chi connectivity index (χ4v) is 2.20. The molecule has 22 heavy (non-hydrogen) atoms. The van der Waals surface area contributed by atoms with Crippen molar-refractivity contribution in [3.8, 4) is 0 Å². The Balaban J connectivity index is 2.04. The van der Waals surface area contributed by atoms with Gasteiger partial charge in [0.15, 0.2) is 11.0 Å². The summed E-state index contributed by atoms with van der Waals surface area (Å²) in [5.41, 5.74) is 5.26. The summed E-state index contributed by atoms with van der Waals surface area (Å²) in [5, 5.41) is 21.0. The Hall–Kier alpha value is -2.18. The molecular weight excluding hydrogens is 304 g/mol. The van der Waals surface area contributed by atoms with Gasteiger partial charge in [0, 0.05) is 6.54 Å². The van der Waals surface area contributed by atoms with Crippen LogP contribution < -0.4 is 11.1 Å². The third-order valence-corrected chi connectivity index (χ3v) is 3.51.